The normalized spacial score (nSPS) is 17.4. The largest absolute Gasteiger partial charge is 0.493 e. The van der Waals surface area contributed by atoms with Crippen molar-refractivity contribution in [2.24, 2.45) is 5.92 Å². The number of para-hydroxylation sites is 1. The fraction of sp³-hybridized carbons (Fsp3) is 0.259. The first-order valence-electron chi connectivity index (χ1n) is 12.2. The number of aromatic amines is 1. The highest BCUT2D eigenvalue weighted by Crippen LogP contribution is 2.35. The average Bonchev–Trinajstić information content (AvgIpc) is 3.66. The van der Waals surface area contributed by atoms with Gasteiger partial charge in [-0.3, -0.25) is 0 Å². The highest BCUT2D eigenvalue weighted by atomic mass is 35.5. The molecule has 1 fully saturated rings. The molecule has 2 unspecified atom stereocenters. The number of aromatic nitrogens is 6. The molecule has 1 aliphatic rings. The standard InChI is InChI=1S/C27H22ClF3N6O/c28-18-8-5-15(9-18)14-38-25-4-2-1-3-19(25)27-32-23-11-21(30)22(31)12-24(23)37(27)13-17-7-6-16(10-20(17)29)26-33-35-36-34-26/h1-4,6-7,10-12,15,18H,5,8-9,13-14H2,(H,33,34,35,36). The minimum atomic E-state index is -1.01. The lowest BCUT2D eigenvalue weighted by atomic mass is 10.1. The van der Waals surface area contributed by atoms with E-state index in [1.54, 1.807) is 16.7 Å². The molecule has 0 spiro atoms. The molecule has 2 heterocycles. The Hall–Kier alpha value is -3.92. The fourth-order valence-electron chi connectivity index (χ4n) is 4.91. The Balaban J connectivity index is 1.40. The van der Waals surface area contributed by atoms with Crippen molar-refractivity contribution in [3.05, 3.63) is 77.6 Å². The number of tetrazole rings is 1. The second-order valence-corrected chi connectivity index (χ2v) is 10.0. The molecular formula is C27H22ClF3N6O. The summed E-state index contributed by atoms with van der Waals surface area (Å²) >= 11 is 6.26. The van der Waals surface area contributed by atoms with Crippen LogP contribution in [0.4, 0.5) is 13.2 Å². The molecule has 194 valence electrons. The van der Waals surface area contributed by atoms with E-state index >= 15 is 4.39 Å². The van der Waals surface area contributed by atoms with Crippen molar-refractivity contribution in [3.8, 4) is 28.5 Å². The number of H-pyrrole nitrogens is 1. The van der Waals surface area contributed by atoms with E-state index < -0.39 is 17.5 Å². The monoisotopic (exact) mass is 538 g/mol. The lowest BCUT2D eigenvalue weighted by Gasteiger charge is -2.16. The van der Waals surface area contributed by atoms with Crippen molar-refractivity contribution in [2.75, 3.05) is 6.61 Å². The number of imidazole rings is 1. The Bertz CT molecular complexity index is 1610. The number of nitrogens with one attached hydrogen (secondary N) is 1. The first-order valence-corrected chi connectivity index (χ1v) is 12.6. The maximum Gasteiger partial charge on any atom is 0.204 e. The van der Waals surface area contributed by atoms with Gasteiger partial charge in [-0.1, -0.05) is 24.3 Å². The molecule has 7 nitrogen and oxygen atoms in total. The van der Waals surface area contributed by atoms with Gasteiger partial charge in [-0.05, 0) is 48.6 Å². The molecule has 1 aliphatic carbocycles. The highest BCUT2D eigenvalue weighted by Gasteiger charge is 2.25. The van der Waals surface area contributed by atoms with E-state index in [2.05, 4.69) is 25.6 Å². The summed E-state index contributed by atoms with van der Waals surface area (Å²) < 4.78 is 51.5. The maximum atomic E-state index is 15.2. The zero-order valence-corrected chi connectivity index (χ0v) is 20.8. The molecule has 0 saturated heterocycles. The van der Waals surface area contributed by atoms with E-state index in [1.807, 2.05) is 24.3 Å². The Morgan fingerprint density at radius 1 is 1.00 bits per heavy atom. The van der Waals surface area contributed by atoms with Crippen LogP contribution in [0.2, 0.25) is 0 Å². The Morgan fingerprint density at radius 3 is 2.61 bits per heavy atom. The number of benzene rings is 3. The summed E-state index contributed by atoms with van der Waals surface area (Å²) in [6.07, 6.45) is 2.84. The minimum Gasteiger partial charge on any atom is -0.493 e. The Labute approximate surface area is 220 Å². The van der Waals surface area contributed by atoms with Gasteiger partial charge < -0.3 is 9.30 Å². The Morgan fingerprint density at radius 2 is 1.84 bits per heavy atom. The summed E-state index contributed by atoms with van der Waals surface area (Å²) in [6, 6.07) is 14.0. The van der Waals surface area contributed by atoms with Crippen LogP contribution in [0.15, 0.2) is 54.6 Å². The maximum absolute atomic E-state index is 15.2. The zero-order chi connectivity index (χ0) is 26.2. The average molecular weight is 539 g/mol. The van der Waals surface area contributed by atoms with Gasteiger partial charge >= 0.3 is 0 Å². The lowest BCUT2D eigenvalue weighted by molar-refractivity contribution is 0.253. The van der Waals surface area contributed by atoms with Crippen molar-refractivity contribution < 1.29 is 17.9 Å². The second-order valence-electron chi connectivity index (χ2n) is 9.40. The summed E-state index contributed by atoms with van der Waals surface area (Å²) in [5, 5.41) is 13.8. The number of nitrogens with zero attached hydrogens (tertiary/aromatic N) is 5. The lowest BCUT2D eigenvalue weighted by Crippen LogP contribution is -2.10. The van der Waals surface area contributed by atoms with Crippen molar-refractivity contribution in [2.45, 2.75) is 31.2 Å². The first kappa shape index (κ1) is 24.4. The highest BCUT2D eigenvalue weighted by molar-refractivity contribution is 6.20. The summed E-state index contributed by atoms with van der Waals surface area (Å²) in [4.78, 5) is 4.62. The van der Waals surface area contributed by atoms with Crippen LogP contribution in [-0.2, 0) is 6.54 Å². The predicted octanol–water partition coefficient (Wildman–Crippen LogP) is 6.14. The second kappa shape index (κ2) is 10.1. The molecule has 0 amide bonds. The number of alkyl halides is 1. The van der Waals surface area contributed by atoms with E-state index in [0.717, 1.165) is 31.4 Å². The third kappa shape index (κ3) is 4.71. The van der Waals surface area contributed by atoms with Crippen molar-refractivity contribution in [1.29, 1.82) is 0 Å². The molecule has 5 aromatic rings. The molecule has 1 N–H and O–H groups in total. The molecule has 2 atom stereocenters. The third-order valence-electron chi connectivity index (χ3n) is 6.86. The van der Waals surface area contributed by atoms with Gasteiger partial charge in [-0.15, -0.1) is 21.8 Å². The number of rotatable bonds is 7. The van der Waals surface area contributed by atoms with Crippen molar-refractivity contribution in [3.63, 3.8) is 0 Å². The van der Waals surface area contributed by atoms with E-state index in [4.69, 9.17) is 16.3 Å². The smallest absolute Gasteiger partial charge is 0.204 e. The zero-order valence-electron chi connectivity index (χ0n) is 20.0. The van der Waals surface area contributed by atoms with E-state index in [1.165, 1.54) is 6.07 Å². The predicted molar refractivity (Wildman–Crippen MR) is 136 cm³/mol. The molecule has 2 aromatic heterocycles. The summed E-state index contributed by atoms with van der Waals surface area (Å²) in [6.45, 7) is 0.510. The molecule has 11 heteroatoms. The van der Waals surface area contributed by atoms with Crippen LogP contribution >= 0.6 is 11.6 Å². The van der Waals surface area contributed by atoms with Gasteiger partial charge in [0.1, 0.15) is 17.4 Å². The number of hydrogen-bond donors (Lipinski definition) is 1. The van der Waals surface area contributed by atoms with Crippen molar-refractivity contribution >= 4 is 22.6 Å². The molecule has 6 rings (SSSR count). The van der Waals surface area contributed by atoms with Gasteiger partial charge in [0.2, 0.25) is 5.82 Å². The van der Waals surface area contributed by atoms with Gasteiger partial charge in [0.25, 0.3) is 0 Å². The number of ether oxygens (including phenoxy) is 1. The molecular weight excluding hydrogens is 517 g/mol. The Kier molecular flexibility index (Phi) is 6.49. The number of hydrogen-bond acceptors (Lipinski definition) is 5. The third-order valence-corrected chi connectivity index (χ3v) is 7.25. The molecule has 0 bridgehead atoms. The molecule has 0 aliphatic heterocycles. The van der Waals surface area contributed by atoms with Crippen molar-refractivity contribution in [1.82, 2.24) is 30.2 Å². The van der Waals surface area contributed by atoms with Gasteiger partial charge in [-0.25, -0.2) is 18.2 Å². The molecule has 0 radical (unpaired) electrons. The number of halogens is 4. The molecule has 1 saturated carbocycles. The summed E-state index contributed by atoms with van der Waals surface area (Å²) in [7, 11) is 0. The van der Waals surface area contributed by atoms with Crippen LogP contribution in [0.25, 0.3) is 33.8 Å². The van der Waals surface area contributed by atoms with Gasteiger partial charge in [0.05, 0.1) is 29.7 Å². The molecule has 38 heavy (non-hydrogen) atoms. The first-order chi connectivity index (χ1) is 18.5. The van der Waals surface area contributed by atoms with Gasteiger partial charge in [0.15, 0.2) is 11.6 Å². The number of fused-ring (bicyclic) bond motifs is 1. The van der Waals surface area contributed by atoms with Gasteiger partial charge in [-0.2, -0.15) is 5.21 Å². The van der Waals surface area contributed by atoms with E-state index in [0.29, 0.717) is 46.3 Å². The van der Waals surface area contributed by atoms with Crippen LogP contribution in [-0.4, -0.2) is 42.2 Å². The van der Waals surface area contributed by atoms with E-state index in [-0.39, 0.29) is 23.3 Å². The SMILES string of the molecule is Fc1cc2nc(-c3ccccc3OCC3CCC(Cl)C3)n(Cc3ccc(-c4nn[nH]n4)cc3F)c2cc1F. The topological polar surface area (TPSA) is 81.5 Å². The summed E-state index contributed by atoms with van der Waals surface area (Å²) in [5.41, 5.74) is 1.98. The molecule has 3 aromatic carbocycles. The minimum absolute atomic E-state index is 0.0140. The van der Waals surface area contributed by atoms with Crippen LogP contribution in [0.1, 0.15) is 24.8 Å². The van der Waals surface area contributed by atoms with E-state index in [9.17, 15) is 8.78 Å². The summed E-state index contributed by atoms with van der Waals surface area (Å²) in [5.74, 6) is -0.941. The quantitative estimate of drug-likeness (QED) is 0.252. The van der Waals surface area contributed by atoms with Crippen LogP contribution in [0, 0.1) is 23.4 Å². The van der Waals surface area contributed by atoms with Crippen LogP contribution < -0.4 is 4.74 Å². The van der Waals surface area contributed by atoms with Crippen LogP contribution in [0.5, 0.6) is 5.75 Å². The fourth-order valence-corrected chi connectivity index (χ4v) is 5.28. The van der Waals surface area contributed by atoms with Gasteiger partial charge in [0, 0.05) is 28.6 Å². The van der Waals surface area contributed by atoms with Crippen LogP contribution in [0.3, 0.4) is 0 Å².